The summed E-state index contributed by atoms with van der Waals surface area (Å²) in [7, 11) is 0. The van der Waals surface area contributed by atoms with Crippen LogP contribution in [0.5, 0.6) is 0 Å². The predicted octanol–water partition coefficient (Wildman–Crippen LogP) is 3.45. The highest BCUT2D eigenvalue weighted by atomic mass is 19.1. The summed E-state index contributed by atoms with van der Waals surface area (Å²) in [5.41, 5.74) is 2.02. The Morgan fingerprint density at radius 3 is 2.78 bits per heavy atom. The number of rotatable bonds is 4. The average molecular weight is 245 g/mol. The Morgan fingerprint density at radius 2 is 2.06 bits per heavy atom. The molecule has 0 amide bonds. The van der Waals surface area contributed by atoms with Crippen molar-refractivity contribution in [2.24, 2.45) is 0 Å². The maximum atomic E-state index is 13.6. The van der Waals surface area contributed by atoms with Gasteiger partial charge in [-0.15, -0.1) is 0 Å². The Morgan fingerprint density at radius 1 is 1.22 bits per heavy atom. The van der Waals surface area contributed by atoms with Gasteiger partial charge < -0.3 is 9.73 Å². The van der Waals surface area contributed by atoms with Gasteiger partial charge >= 0.3 is 0 Å². The SMILES string of the molecule is Fc1ccccc1C1CC(NCc2ccoc2)C1. The first kappa shape index (κ1) is 11.5. The van der Waals surface area contributed by atoms with Gasteiger partial charge in [0.1, 0.15) is 5.82 Å². The molecule has 3 heteroatoms. The van der Waals surface area contributed by atoms with E-state index >= 15 is 0 Å². The molecular weight excluding hydrogens is 229 g/mol. The zero-order valence-electron chi connectivity index (χ0n) is 10.1. The van der Waals surface area contributed by atoms with Crippen molar-refractivity contribution in [1.29, 1.82) is 0 Å². The number of halogens is 1. The van der Waals surface area contributed by atoms with Crippen LogP contribution in [0.1, 0.15) is 29.9 Å². The van der Waals surface area contributed by atoms with Gasteiger partial charge in [-0.2, -0.15) is 0 Å². The van der Waals surface area contributed by atoms with Crippen LogP contribution in [0.2, 0.25) is 0 Å². The fourth-order valence-electron chi connectivity index (χ4n) is 2.50. The van der Waals surface area contributed by atoms with Gasteiger partial charge in [-0.25, -0.2) is 4.39 Å². The van der Waals surface area contributed by atoms with Gasteiger partial charge in [-0.1, -0.05) is 18.2 Å². The third kappa shape index (κ3) is 2.31. The van der Waals surface area contributed by atoms with E-state index < -0.39 is 0 Å². The molecule has 18 heavy (non-hydrogen) atoms. The highest BCUT2D eigenvalue weighted by Crippen LogP contribution is 2.38. The first-order valence-electron chi connectivity index (χ1n) is 6.32. The molecule has 0 unspecified atom stereocenters. The third-order valence-corrected chi connectivity index (χ3v) is 3.66. The van der Waals surface area contributed by atoms with E-state index in [0.29, 0.717) is 12.0 Å². The molecule has 0 saturated heterocycles. The maximum absolute atomic E-state index is 13.6. The first-order chi connectivity index (χ1) is 8.83. The number of nitrogens with one attached hydrogen (secondary N) is 1. The summed E-state index contributed by atoms with van der Waals surface area (Å²) in [5, 5.41) is 3.46. The van der Waals surface area contributed by atoms with Gasteiger partial charge in [0.2, 0.25) is 0 Å². The van der Waals surface area contributed by atoms with Crippen molar-refractivity contribution in [3.8, 4) is 0 Å². The molecule has 3 rings (SSSR count). The predicted molar refractivity (Wildman–Crippen MR) is 67.7 cm³/mol. The van der Waals surface area contributed by atoms with Crippen molar-refractivity contribution in [2.75, 3.05) is 0 Å². The third-order valence-electron chi connectivity index (χ3n) is 3.66. The molecule has 1 heterocycles. The second kappa shape index (κ2) is 4.94. The number of hydrogen-bond donors (Lipinski definition) is 1. The molecule has 1 saturated carbocycles. The summed E-state index contributed by atoms with van der Waals surface area (Å²) in [5.74, 6) is 0.295. The highest BCUT2D eigenvalue weighted by molar-refractivity contribution is 5.24. The summed E-state index contributed by atoms with van der Waals surface area (Å²) < 4.78 is 18.6. The quantitative estimate of drug-likeness (QED) is 0.892. The number of furan rings is 1. The molecule has 1 aromatic carbocycles. The molecule has 1 aliphatic carbocycles. The molecule has 1 N–H and O–H groups in total. The largest absolute Gasteiger partial charge is 0.472 e. The van der Waals surface area contributed by atoms with Crippen LogP contribution in [0.3, 0.4) is 0 Å². The molecule has 94 valence electrons. The van der Waals surface area contributed by atoms with E-state index in [1.807, 2.05) is 18.2 Å². The van der Waals surface area contributed by atoms with E-state index in [9.17, 15) is 4.39 Å². The number of hydrogen-bond acceptors (Lipinski definition) is 2. The normalized spacial score (nSPS) is 22.7. The zero-order valence-corrected chi connectivity index (χ0v) is 10.1. The minimum Gasteiger partial charge on any atom is -0.472 e. The van der Waals surface area contributed by atoms with Gasteiger partial charge in [0.15, 0.2) is 0 Å². The monoisotopic (exact) mass is 245 g/mol. The second-order valence-electron chi connectivity index (χ2n) is 4.90. The molecule has 1 aliphatic rings. The molecule has 2 aromatic rings. The second-order valence-corrected chi connectivity index (χ2v) is 4.90. The lowest BCUT2D eigenvalue weighted by molar-refractivity contribution is 0.284. The lowest BCUT2D eigenvalue weighted by Gasteiger charge is -2.36. The molecule has 2 nitrogen and oxygen atoms in total. The van der Waals surface area contributed by atoms with Crippen molar-refractivity contribution in [3.05, 3.63) is 59.8 Å². The molecular formula is C15H16FNO. The number of benzene rings is 1. The zero-order chi connectivity index (χ0) is 12.4. The Labute approximate surface area is 106 Å². The summed E-state index contributed by atoms with van der Waals surface area (Å²) in [6, 6.07) is 9.54. The first-order valence-corrected chi connectivity index (χ1v) is 6.32. The Bertz CT molecular complexity index is 503. The van der Waals surface area contributed by atoms with Gasteiger partial charge in [0, 0.05) is 18.2 Å². The average Bonchev–Trinajstić information content (AvgIpc) is 2.82. The topological polar surface area (TPSA) is 25.2 Å². The van der Waals surface area contributed by atoms with Crippen molar-refractivity contribution in [1.82, 2.24) is 5.32 Å². The molecule has 0 radical (unpaired) electrons. The lowest BCUT2D eigenvalue weighted by atomic mass is 9.75. The van der Waals surface area contributed by atoms with E-state index in [0.717, 1.165) is 30.5 Å². The summed E-state index contributed by atoms with van der Waals surface area (Å²) in [6.45, 7) is 0.825. The van der Waals surface area contributed by atoms with Gasteiger partial charge in [0.25, 0.3) is 0 Å². The van der Waals surface area contributed by atoms with Crippen LogP contribution in [-0.4, -0.2) is 6.04 Å². The van der Waals surface area contributed by atoms with Gasteiger partial charge in [0.05, 0.1) is 12.5 Å². The van der Waals surface area contributed by atoms with E-state index in [4.69, 9.17) is 4.42 Å². The summed E-state index contributed by atoms with van der Waals surface area (Å²) in [6.07, 6.45) is 5.46. The van der Waals surface area contributed by atoms with Gasteiger partial charge in [-0.3, -0.25) is 0 Å². The maximum Gasteiger partial charge on any atom is 0.126 e. The van der Waals surface area contributed by atoms with Crippen LogP contribution >= 0.6 is 0 Å². The van der Waals surface area contributed by atoms with Crippen molar-refractivity contribution in [2.45, 2.75) is 31.3 Å². The lowest BCUT2D eigenvalue weighted by Crippen LogP contribution is -2.39. The van der Waals surface area contributed by atoms with Crippen LogP contribution in [0.25, 0.3) is 0 Å². The van der Waals surface area contributed by atoms with Crippen LogP contribution < -0.4 is 5.32 Å². The van der Waals surface area contributed by atoms with Crippen LogP contribution in [0.15, 0.2) is 47.3 Å². The minimum atomic E-state index is -0.0733. The smallest absolute Gasteiger partial charge is 0.126 e. The molecule has 0 spiro atoms. The van der Waals surface area contributed by atoms with E-state index in [1.165, 1.54) is 0 Å². The fraction of sp³-hybridized carbons (Fsp3) is 0.333. The summed E-state index contributed by atoms with van der Waals surface area (Å²) in [4.78, 5) is 0. The standard InChI is InChI=1S/C15H16FNO/c16-15-4-2-1-3-14(15)12-7-13(8-12)17-9-11-5-6-18-10-11/h1-6,10,12-13,17H,7-9H2. The molecule has 0 bridgehead atoms. The van der Waals surface area contributed by atoms with Crippen LogP contribution in [0, 0.1) is 5.82 Å². The Balaban J connectivity index is 1.50. The highest BCUT2D eigenvalue weighted by Gasteiger charge is 2.31. The molecule has 0 atom stereocenters. The van der Waals surface area contributed by atoms with E-state index in [1.54, 1.807) is 24.7 Å². The molecule has 1 aromatic heterocycles. The Hall–Kier alpha value is -1.61. The minimum absolute atomic E-state index is 0.0733. The van der Waals surface area contributed by atoms with E-state index in [2.05, 4.69) is 5.32 Å². The van der Waals surface area contributed by atoms with Crippen molar-refractivity contribution < 1.29 is 8.81 Å². The molecule has 1 fully saturated rings. The van der Waals surface area contributed by atoms with Crippen molar-refractivity contribution >= 4 is 0 Å². The molecule has 0 aliphatic heterocycles. The van der Waals surface area contributed by atoms with E-state index in [-0.39, 0.29) is 5.82 Å². The Kier molecular flexibility index (Phi) is 3.15. The fourth-order valence-corrected chi connectivity index (χ4v) is 2.50. The van der Waals surface area contributed by atoms with Crippen molar-refractivity contribution in [3.63, 3.8) is 0 Å². The van der Waals surface area contributed by atoms with Gasteiger partial charge in [-0.05, 0) is 36.5 Å². The van der Waals surface area contributed by atoms with Crippen LogP contribution in [0.4, 0.5) is 4.39 Å². The van der Waals surface area contributed by atoms with Crippen LogP contribution in [-0.2, 0) is 6.54 Å². The summed E-state index contributed by atoms with van der Waals surface area (Å²) >= 11 is 0.